The number of hydrogen-bond acceptors (Lipinski definition) is 3. The number of urea groups is 1. The highest BCUT2D eigenvalue weighted by Gasteiger charge is 2.19. The predicted octanol–water partition coefficient (Wildman–Crippen LogP) is 2.32. The van der Waals surface area contributed by atoms with Crippen LogP contribution in [0.1, 0.15) is 12.0 Å². The van der Waals surface area contributed by atoms with Crippen molar-refractivity contribution in [3.05, 3.63) is 29.8 Å². The molecule has 0 heterocycles. The Balaban J connectivity index is 2.52. The molecule has 0 aliphatic heterocycles. The second kappa shape index (κ2) is 7.68. The van der Waals surface area contributed by atoms with Gasteiger partial charge < -0.3 is 15.7 Å². The smallest absolute Gasteiger partial charge is 0.326 e. The molecule has 0 saturated carbocycles. The summed E-state index contributed by atoms with van der Waals surface area (Å²) < 4.78 is 0. The molecule has 0 unspecified atom stereocenters. The summed E-state index contributed by atoms with van der Waals surface area (Å²) in [4.78, 5) is 22.7. The molecular weight excluding hydrogens is 264 g/mol. The van der Waals surface area contributed by atoms with Gasteiger partial charge in [0.25, 0.3) is 0 Å². The summed E-state index contributed by atoms with van der Waals surface area (Å²) >= 11 is 1.54. The molecule has 104 valence electrons. The van der Waals surface area contributed by atoms with Gasteiger partial charge in [-0.2, -0.15) is 11.8 Å². The number of thioether (sulfide) groups is 1. The number of hydrogen-bond donors (Lipinski definition) is 3. The first kappa shape index (κ1) is 15.4. The van der Waals surface area contributed by atoms with Crippen molar-refractivity contribution in [3.8, 4) is 0 Å². The number of amides is 2. The normalized spacial score (nSPS) is 11.7. The van der Waals surface area contributed by atoms with Gasteiger partial charge in [0, 0.05) is 5.69 Å². The summed E-state index contributed by atoms with van der Waals surface area (Å²) in [5, 5.41) is 14.1. The number of carbonyl (C=O) groups is 2. The van der Waals surface area contributed by atoms with E-state index in [1.807, 2.05) is 25.3 Å². The van der Waals surface area contributed by atoms with Crippen molar-refractivity contribution in [1.29, 1.82) is 0 Å². The molecule has 3 N–H and O–H groups in total. The SMILES string of the molecule is CSCC[C@@H](NC(=O)Nc1ccc(C)cc1)C(=O)O. The molecule has 6 heteroatoms. The Morgan fingerprint density at radius 1 is 1.32 bits per heavy atom. The van der Waals surface area contributed by atoms with Gasteiger partial charge in [-0.05, 0) is 37.5 Å². The van der Waals surface area contributed by atoms with E-state index in [0.29, 0.717) is 17.9 Å². The summed E-state index contributed by atoms with van der Waals surface area (Å²) in [5.41, 5.74) is 1.73. The Morgan fingerprint density at radius 3 is 2.47 bits per heavy atom. The van der Waals surface area contributed by atoms with E-state index in [0.717, 1.165) is 5.56 Å². The number of benzene rings is 1. The molecule has 0 saturated heterocycles. The number of nitrogens with one attached hydrogen (secondary N) is 2. The van der Waals surface area contributed by atoms with E-state index in [1.54, 1.807) is 23.9 Å². The fraction of sp³-hybridized carbons (Fsp3) is 0.385. The van der Waals surface area contributed by atoms with Gasteiger partial charge in [-0.3, -0.25) is 0 Å². The van der Waals surface area contributed by atoms with Gasteiger partial charge in [-0.1, -0.05) is 17.7 Å². The van der Waals surface area contributed by atoms with Crippen LogP contribution in [0.15, 0.2) is 24.3 Å². The van der Waals surface area contributed by atoms with E-state index in [1.165, 1.54) is 0 Å². The number of aryl methyl sites for hydroxylation is 1. The molecule has 0 aliphatic carbocycles. The van der Waals surface area contributed by atoms with Gasteiger partial charge in [0.1, 0.15) is 6.04 Å². The van der Waals surface area contributed by atoms with E-state index in [4.69, 9.17) is 5.11 Å². The number of carbonyl (C=O) groups excluding carboxylic acids is 1. The minimum Gasteiger partial charge on any atom is -0.480 e. The average molecular weight is 282 g/mol. The molecule has 2 amide bonds. The van der Waals surface area contributed by atoms with Crippen molar-refractivity contribution in [1.82, 2.24) is 5.32 Å². The quantitative estimate of drug-likeness (QED) is 0.748. The zero-order valence-electron chi connectivity index (χ0n) is 11.0. The van der Waals surface area contributed by atoms with Gasteiger partial charge in [0.15, 0.2) is 0 Å². The standard InChI is InChI=1S/C13H18N2O3S/c1-9-3-5-10(6-4-9)14-13(18)15-11(12(16)17)7-8-19-2/h3-6,11H,7-8H2,1-2H3,(H,16,17)(H2,14,15,18)/t11-/m1/s1. The van der Waals surface area contributed by atoms with Gasteiger partial charge >= 0.3 is 12.0 Å². The van der Waals surface area contributed by atoms with Crippen LogP contribution in [0.3, 0.4) is 0 Å². The Bertz CT molecular complexity index is 434. The Labute approximate surface area is 116 Å². The third-order valence-corrected chi connectivity index (χ3v) is 3.17. The third kappa shape index (κ3) is 5.65. The third-order valence-electron chi connectivity index (χ3n) is 2.52. The summed E-state index contributed by atoms with van der Waals surface area (Å²) in [7, 11) is 0. The lowest BCUT2D eigenvalue weighted by molar-refractivity contribution is -0.139. The Kier molecular flexibility index (Phi) is 6.21. The molecule has 1 aromatic rings. The number of carboxylic acid groups (broad SMARTS) is 1. The van der Waals surface area contributed by atoms with Crippen molar-refractivity contribution in [3.63, 3.8) is 0 Å². The number of aliphatic carboxylic acids is 1. The van der Waals surface area contributed by atoms with Crippen LogP contribution in [0.5, 0.6) is 0 Å². The zero-order chi connectivity index (χ0) is 14.3. The van der Waals surface area contributed by atoms with Crippen LogP contribution in [0, 0.1) is 6.92 Å². The van der Waals surface area contributed by atoms with E-state index >= 15 is 0 Å². The maximum Gasteiger partial charge on any atom is 0.326 e. The van der Waals surface area contributed by atoms with Crippen molar-refractivity contribution in [2.24, 2.45) is 0 Å². The molecule has 1 atom stereocenters. The first-order valence-corrected chi connectivity index (χ1v) is 7.28. The van der Waals surface area contributed by atoms with Crippen molar-refractivity contribution >= 4 is 29.4 Å². The highest BCUT2D eigenvalue weighted by Crippen LogP contribution is 2.08. The van der Waals surface area contributed by atoms with Crippen LogP contribution < -0.4 is 10.6 Å². The van der Waals surface area contributed by atoms with Crippen LogP contribution in [-0.2, 0) is 4.79 Å². The fourth-order valence-electron chi connectivity index (χ4n) is 1.46. The van der Waals surface area contributed by atoms with Crippen LogP contribution in [-0.4, -0.2) is 35.2 Å². The van der Waals surface area contributed by atoms with E-state index in [2.05, 4.69) is 10.6 Å². The molecule has 0 fully saturated rings. The lowest BCUT2D eigenvalue weighted by Crippen LogP contribution is -2.43. The molecule has 0 aromatic heterocycles. The maximum absolute atomic E-state index is 11.7. The highest BCUT2D eigenvalue weighted by atomic mass is 32.2. The van der Waals surface area contributed by atoms with Crippen molar-refractivity contribution in [2.45, 2.75) is 19.4 Å². The molecule has 0 spiro atoms. The summed E-state index contributed by atoms with van der Waals surface area (Å²) in [6, 6.07) is 5.92. The Morgan fingerprint density at radius 2 is 1.95 bits per heavy atom. The summed E-state index contributed by atoms with van der Waals surface area (Å²) in [6.45, 7) is 1.95. The van der Waals surface area contributed by atoms with Crippen LogP contribution in [0.25, 0.3) is 0 Å². The Hall–Kier alpha value is -1.69. The molecule has 1 rings (SSSR count). The average Bonchev–Trinajstić information content (AvgIpc) is 2.37. The molecule has 5 nitrogen and oxygen atoms in total. The molecule has 0 radical (unpaired) electrons. The number of rotatable bonds is 6. The van der Waals surface area contributed by atoms with Crippen molar-refractivity contribution < 1.29 is 14.7 Å². The largest absolute Gasteiger partial charge is 0.480 e. The minimum atomic E-state index is -1.02. The second-order valence-corrected chi connectivity index (χ2v) is 5.12. The topological polar surface area (TPSA) is 78.4 Å². The van der Waals surface area contributed by atoms with Gasteiger partial charge in [-0.25, -0.2) is 9.59 Å². The monoisotopic (exact) mass is 282 g/mol. The van der Waals surface area contributed by atoms with E-state index in [-0.39, 0.29) is 0 Å². The predicted molar refractivity (Wildman–Crippen MR) is 77.8 cm³/mol. The second-order valence-electron chi connectivity index (χ2n) is 4.14. The molecule has 0 aliphatic rings. The van der Waals surface area contributed by atoms with Crippen LogP contribution >= 0.6 is 11.8 Å². The molecular formula is C13H18N2O3S. The zero-order valence-corrected chi connectivity index (χ0v) is 11.8. The van der Waals surface area contributed by atoms with E-state index in [9.17, 15) is 9.59 Å². The first-order valence-electron chi connectivity index (χ1n) is 5.89. The van der Waals surface area contributed by atoms with Crippen LogP contribution in [0.4, 0.5) is 10.5 Å². The molecule has 0 bridgehead atoms. The summed E-state index contributed by atoms with van der Waals surface area (Å²) in [6.07, 6.45) is 2.29. The minimum absolute atomic E-state index is 0.401. The van der Waals surface area contributed by atoms with Crippen molar-refractivity contribution in [2.75, 3.05) is 17.3 Å². The van der Waals surface area contributed by atoms with E-state index < -0.39 is 18.0 Å². The van der Waals surface area contributed by atoms with Gasteiger partial charge in [0.2, 0.25) is 0 Å². The van der Waals surface area contributed by atoms with Gasteiger partial charge in [-0.15, -0.1) is 0 Å². The first-order chi connectivity index (χ1) is 9.02. The summed E-state index contributed by atoms with van der Waals surface area (Å²) in [5.74, 6) is -0.338. The number of anilines is 1. The van der Waals surface area contributed by atoms with Crippen LogP contribution in [0.2, 0.25) is 0 Å². The highest BCUT2D eigenvalue weighted by molar-refractivity contribution is 7.98. The fourth-order valence-corrected chi connectivity index (χ4v) is 1.93. The number of carboxylic acids is 1. The lowest BCUT2D eigenvalue weighted by Gasteiger charge is -2.14. The lowest BCUT2D eigenvalue weighted by atomic mass is 10.2. The molecule has 1 aromatic carbocycles. The molecule has 19 heavy (non-hydrogen) atoms. The van der Waals surface area contributed by atoms with Gasteiger partial charge in [0.05, 0.1) is 0 Å². The maximum atomic E-state index is 11.7.